The van der Waals surface area contributed by atoms with Crippen molar-refractivity contribution < 1.29 is 4.79 Å². The molecular weight excluding hydrogens is 318 g/mol. The van der Waals surface area contributed by atoms with Crippen LogP contribution in [0, 0.1) is 0 Å². The number of carbonyl (C=O) groups is 1. The van der Waals surface area contributed by atoms with E-state index in [1.54, 1.807) is 54.4 Å². The number of carbonyl (C=O) groups excluding carboxylic acids is 1. The molecule has 0 aliphatic rings. The van der Waals surface area contributed by atoms with Crippen LogP contribution in [0.5, 0.6) is 0 Å². The quantitative estimate of drug-likeness (QED) is 0.616. The van der Waals surface area contributed by atoms with Crippen molar-refractivity contribution in [3.8, 4) is 0 Å². The molecule has 7 nitrogen and oxygen atoms in total. The average Bonchev–Trinajstić information content (AvgIpc) is 3.14. The van der Waals surface area contributed by atoms with Gasteiger partial charge in [0.15, 0.2) is 0 Å². The fourth-order valence-corrected chi connectivity index (χ4v) is 2.84. The molecule has 0 bridgehead atoms. The van der Waals surface area contributed by atoms with Crippen molar-refractivity contribution in [2.45, 2.75) is 6.54 Å². The Morgan fingerprint density at radius 1 is 1.12 bits per heavy atom. The van der Waals surface area contributed by atoms with Gasteiger partial charge in [-0.25, -0.2) is 4.52 Å². The largest absolute Gasteiger partial charge is 0.348 e. The molecule has 0 aliphatic carbocycles. The topological polar surface area (TPSA) is 81.3 Å². The predicted octanol–water partition coefficient (Wildman–Crippen LogP) is 1.51. The molecule has 0 saturated carbocycles. The zero-order chi connectivity index (χ0) is 17.4. The van der Waals surface area contributed by atoms with Gasteiger partial charge in [0.05, 0.1) is 17.2 Å². The normalized spacial score (nSPS) is 11.1. The van der Waals surface area contributed by atoms with Crippen molar-refractivity contribution in [3.63, 3.8) is 0 Å². The summed E-state index contributed by atoms with van der Waals surface area (Å²) in [5.41, 5.74) is 3.17. The van der Waals surface area contributed by atoms with E-state index in [4.69, 9.17) is 0 Å². The van der Waals surface area contributed by atoms with Crippen molar-refractivity contribution in [2.24, 2.45) is 7.05 Å². The Morgan fingerprint density at radius 3 is 2.80 bits per heavy atom. The first kappa shape index (κ1) is 15.1. The van der Waals surface area contributed by atoms with Gasteiger partial charge >= 0.3 is 0 Å². The zero-order valence-electron chi connectivity index (χ0n) is 13.5. The molecule has 4 aromatic rings. The second-order valence-corrected chi connectivity index (χ2v) is 5.74. The number of nitrogens with zero attached hydrogens (tertiary/aromatic N) is 4. The van der Waals surface area contributed by atoms with E-state index in [9.17, 15) is 9.59 Å². The van der Waals surface area contributed by atoms with E-state index in [0.29, 0.717) is 23.1 Å². The fourth-order valence-electron chi connectivity index (χ4n) is 2.84. The number of benzene rings is 1. The minimum absolute atomic E-state index is 0.155. The van der Waals surface area contributed by atoms with Gasteiger partial charge in [0.2, 0.25) is 0 Å². The molecule has 0 radical (unpaired) electrons. The average molecular weight is 333 g/mol. The van der Waals surface area contributed by atoms with E-state index in [1.165, 1.54) is 4.57 Å². The van der Waals surface area contributed by atoms with Crippen LogP contribution in [0.3, 0.4) is 0 Å². The summed E-state index contributed by atoms with van der Waals surface area (Å²) in [4.78, 5) is 28.8. The lowest BCUT2D eigenvalue weighted by molar-refractivity contribution is 0.0951. The third kappa shape index (κ3) is 2.55. The number of aryl methyl sites for hydroxylation is 1. The summed E-state index contributed by atoms with van der Waals surface area (Å²) in [5, 5.41) is 7.05. The number of nitrogens with one attached hydrogen (secondary N) is 1. The lowest BCUT2D eigenvalue weighted by Crippen LogP contribution is -2.24. The van der Waals surface area contributed by atoms with Crippen molar-refractivity contribution in [2.75, 3.05) is 0 Å². The first-order valence-electron chi connectivity index (χ1n) is 7.79. The second kappa shape index (κ2) is 5.86. The van der Waals surface area contributed by atoms with Gasteiger partial charge < -0.3 is 9.88 Å². The van der Waals surface area contributed by atoms with Crippen molar-refractivity contribution in [3.05, 3.63) is 76.5 Å². The molecule has 1 N–H and O–H groups in total. The maximum Gasteiger partial charge on any atom is 0.276 e. The maximum absolute atomic E-state index is 12.4. The SMILES string of the molecule is Cn1c(=O)c2ccnn2c2ccc(C(=O)NCc3cccnc3)cc21. The van der Waals surface area contributed by atoms with E-state index in [-0.39, 0.29) is 11.5 Å². The molecule has 0 atom stereocenters. The van der Waals surface area contributed by atoms with Gasteiger partial charge in [0, 0.05) is 31.5 Å². The molecule has 1 aromatic carbocycles. The molecule has 0 unspecified atom stereocenters. The highest BCUT2D eigenvalue weighted by molar-refractivity contribution is 5.97. The highest BCUT2D eigenvalue weighted by atomic mass is 16.1. The third-order valence-electron chi connectivity index (χ3n) is 4.17. The second-order valence-electron chi connectivity index (χ2n) is 5.74. The zero-order valence-corrected chi connectivity index (χ0v) is 13.5. The Balaban J connectivity index is 1.71. The molecule has 4 rings (SSSR count). The molecule has 124 valence electrons. The Labute approximate surface area is 142 Å². The summed E-state index contributed by atoms with van der Waals surface area (Å²) in [6, 6.07) is 10.6. The van der Waals surface area contributed by atoms with E-state index in [1.807, 2.05) is 12.1 Å². The van der Waals surface area contributed by atoms with Crippen LogP contribution in [0.2, 0.25) is 0 Å². The van der Waals surface area contributed by atoms with Gasteiger partial charge in [-0.3, -0.25) is 14.6 Å². The molecule has 0 saturated heterocycles. The summed E-state index contributed by atoms with van der Waals surface area (Å²) in [5.74, 6) is -0.209. The van der Waals surface area contributed by atoms with Gasteiger partial charge in [0.25, 0.3) is 11.5 Å². The number of fused-ring (bicyclic) bond motifs is 3. The molecule has 0 spiro atoms. The lowest BCUT2D eigenvalue weighted by atomic mass is 10.1. The van der Waals surface area contributed by atoms with Crippen molar-refractivity contribution >= 4 is 22.5 Å². The van der Waals surface area contributed by atoms with Gasteiger partial charge in [-0.2, -0.15) is 5.10 Å². The first-order valence-corrected chi connectivity index (χ1v) is 7.79. The molecule has 0 aliphatic heterocycles. The van der Waals surface area contributed by atoms with E-state index in [0.717, 1.165) is 11.1 Å². The third-order valence-corrected chi connectivity index (χ3v) is 4.17. The van der Waals surface area contributed by atoms with Crippen LogP contribution in [-0.4, -0.2) is 25.1 Å². The van der Waals surface area contributed by atoms with Crippen molar-refractivity contribution in [1.82, 2.24) is 24.5 Å². The van der Waals surface area contributed by atoms with Gasteiger partial charge in [-0.15, -0.1) is 0 Å². The summed E-state index contributed by atoms with van der Waals surface area (Å²) in [6.45, 7) is 0.391. The van der Waals surface area contributed by atoms with Crippen LogP contribution < -0.4 is 10.9 Å². The molecule has 25 heavy (non-hydrogen) atoms. The van der Waals surface area contributed by atoms with Crippen LogP contribution in [0.4, 0.5) is 0 Å². The Morgan fingerprint density at radius 2 is 2.00 bits per heavy atom. The number of rotatable bonds is 3. The van der Waals surface area contributed by atoms with Gasteiger partial charge in [-0.05, 0) is 35.9 Å². The minimum atomic E-state index is -0.209. The van der Waals surface area contributed by atoms with E-state index in [2.05, 4.69) is 15.4 Å². The van der Waals surface area contributed by atoms with Crippen LogP contribution in [0.1, 0.15) is 15.9 Å². The molecule has 3 aromatic heterocycles. The molecule has 3 heterocycles. The smallest absolute Gasteiger partial charge is 0.276 e. The summed E-state index contributed by atoms with van der Waals surface area (Å²) in [6.07, 6.45) is 4.98. The van der Waals surface area contributed by atoms with E-state index < -0.39 is 0 Å². The van der Waals surface area contributed by atoms with Gasteiger partial charge in [-0.1, -0.05) is 6.07 Å². The fraction of sp³-hybridized carbons (Fsp3) is 0.111. The van der Waals surface area contributed by atoms with Crippen LogP contribution in [0.15, 0.2) is 59.8 Å². The standard InChI is InChI=1S/C18H15N5O2/c1-22-16-9-13(17(24)20-11-12-3-2-7-19-10-12)4-5-14(16)23-15(18(22)25)6-8-21-23/h2-10H,11H2,1H3,(H,20,24). The van der Waals surface area contributed by atoms with E-state index >= 15 is 0 Å². The first-order chi connectivity index (χ1) is 12.1. The predicted molar refractivity (Wildman–Crippen MR) is 93.3 cm³/mol. The molecule has 7 heteroatoms. The number of aromatic nitrogens is 4. The number of hydrogen-bond donors (Lipinski definition) is 1. The van der Waals surface area contributed by atoms with Gasteiger partial charge in [0.1, 0.15) is 5.52 Å². The highest BCUT2D eigenvalue weighted by Crippen LogP contribution is 2.15. The maximum atomic E-state index is 12.4. The molecule has 1 amide bonds. The number of amides is 1. The number of pyridine rings is 1. The van der Waals surface area contributed by atoms with Crippen LogP contribution in [-0.2, 0) is 13.6 Å². The summed E-state index contributed by atoms with van der Waals surface area (Å²) < 4.78 is 3.12. The highest BCUT2D eigenvalue weighted by Gasteiger charge is 2.12. The van der Waals surface area contributed by atoms with Crippen molar-refractivity contribution in [1.29, 1.82) is 0 Å². The Hall–Kier alpha value is -3.48. The minimum Gasteiger partial charge on any atom is -0.348 e. The summed E-state index contributed by atoms with van der Waals surface area (Å²) in [7, 11) is 1.69. The lowest BCUT2D eigenvalue weighted by Gasteiger charge is -2.10. The number of hydrogen-bond acceptors (Lipinski definition) is 4. The Kier molecular flexibility index (Phi) is 3.53. The van der Waals surface area contributed by atoms with Crippen LogP contribution >= 0.6 is 0 Å². The molecule has 0 fully saturated rings. The molecular formula is C18H15N5O2. The Bertz CT molecular complexity index is 1140. The van der Waals surface area contributed by atoms with Crippen LogP contribution in [0.25, 0.3) is 16.6 Å². The monoisotopic (exact) mass is 333 g/mol. The summed E-state index contributed by atoms with van der Waals surface area (Å²) >= 11 is 0.